The molecule has 334 valence electrons. The van der Waals surface area contributed by atoms with Crippen LogP contribution in [0.1, 0.15) is 65.7 Å². The highest BCUT2D eigenvalue weighted by atomic mass is 32.2. The predicted molar refractivity (Wildman–Crippen MR) is 246 cm³/mol. The van der Waals surface area contributed by atoms with Crippen LogP contribution < -0.4 is 18.7 Å². The van der Waals surface area contributed by atoms with Crippen LogP contribution >= 0.6 is 58.7 Å². The first-order valence-electron chi connectivity index (χ1n) is 19.6. The van der Waals surface area contributed by atoms with Crippen molar-refractivity contribution in [3.8, 4) is 17.2 Å². The molecule has 13 nitrogen and oxygen atoms in total. The third-order valence-corrected chi connectivity index (χ3v) is 14.6. The Labute approximate surface area is 365 Å². The van der Waals surface area contributed by atoms with Crippen molar-refractivity contribution in [3.63, 3.8) is 0 Å². The van der Waals surface area contributed by atoms with Gasteiger partial charge >= 0.3 is 29.4 Å². The molecule has 0 radical (unpaired) electrons. The minimum absolute atomic E-state index is 0.180. The SMILES string of the molecule is CCCCSCCC(=O)OP(=O)(OC)Oc1ccccc1.CCCCSCCNP(=O)(OC)Oc1ccccc1.CCCCSCCOP(=O)(OC)Oc1ccccc1. The number of benzene rings is 3. The van der Waals surface area contributed by atoms with E-state index in [0.29, 0.717) is 36.2 Å². The van der Waals surface area contributed by atoms with E-state index >= 15 is 0 Å². The van der Waals surface area contributed by atoms with Crippen LogP contribution in [0.2, 0.25) is 0 Å². The van der Waals surface area contributed by atoms with Gasteiger partial charge in [-0.15, -0.1) is 0 Å². The van der Waals surface area contributed by atoms with Gasteiger partial charge in [-0.25, -0.2) is 18.8 Å². The molecule has 3 aromatic carbocycles. The van der Waals surface area contributed by atoms with Gasteiger partial charge in [-0.1, -0.05) is 94.6 Å². The molecule has 3 aromatic rings. The summed E-state index contributed by atoms with van der Waals surface area (Å²) in [5.74, 6) is 6.31. The van der Waals surface area contributed by atoms with Crippen molar-refractivity contribution >= 4 is 64.6 Å². The minimum atomic E-state index is -3.90. The van der Waals surface area contributed by atoms with Gasteiger partial charge in [-0.2, -0.15) is 35.3 Å². The van der Waals surface area contributed by atoms with Crippen molar-refractivity contribution in [2.75, 3.05) is 69.0 Å². The summed E-state index contributed by atoms with van der Waals surface area (Å²) in [6.07, 6.45) is 7.21. The average Bonchev–Trinajstić information content (AvgIpc) is 3.25. The van der Waals surface area contributed by atoms with E-state index in [-0.39, 0.29) is 6.42 Å². The van der Waals surface area contributed by atoms with E-state index in [1.807, 2.05) is 36.0 Å². The molecule has 3 unspecified atom stereocenters. The maximum Gasteiger partial charge on any atom is 0.589 e. The number of thioether (sulfide) groups is 3. The Balaban J connectivity index is 0.000000443. The van der Waals surface area contributed by atoms with E-state index < -0.39 is 29.4 Å². The summed E-state index contributed by atoms with van der Waals surface area (Å²) in [4.78, 5) is 11.7. The molecule has 0 saturated carbocycles. The summed E-state index contributed by atoms with van der Waals surface area (Å²) in [7, 11) is -6.73. The second kappa shape index (κ2) is 34.6. The molecule has 0 aliphatic carbocycles. The molecular formula is C40H64NO12P3S3. The molecule has 0 amide bonds. The maximum atomic E-state index is 12.3. The number of carbonyl (C=O) groups is 1. The Morgan fingerprint density at radius 1 is 0.542 bits per heavy atom. The fourth-order valence-corrected chi connectivity index (χ4v) is 10.0. The lowest BCUT2D eigenvalue weighted by Gasteiger charge is -2.17. The normalized spacial score (nSPS) is 13.8. The maximum absolute atomic E-state index is 12.3. The van der Waals surface area contributed by atoms with Crippen LogP contribution in [0.5, 0.6) is 17.2 Å². The highest BCUT2D eigenvalue weighted by molar-refractivity contribution is 7.99. The molecule has 0 saturated heterocycles. The number of phosphoric acid groups is 2. The number of rotatable bonds is 30. The smallest absolute Gasteiger partial charge is 0.413 e. The third kappa shape index (κ3) is 28.3. The molecule has 1 N–H and O–H groups in total. The summed E-state index contributed by atoms with van der Waals surface area (Å²) in [6, 6.07) is 26.4. The molecule has 0 aromatic heterocycles. The van der Waals surface area contributed by atoms with Crippen LogP contribution in [-0.4, -0.2) is 75.0 Å². The largest absolute Gasteiger partial charge is 0.589 e. The van der Waals surface area contributed by atoms with Crippen LogP contribution in [-0.2, 0) is 41.1 Å². The van der Waals surface area contributed by atoms with Crippen molar-refractivity contribution < 1.29 is 54.7 Å². The fraction of sp³-hybridized carbons (Fsp3) is 0.525. The van der Waals surface area contributed by atoms with Gasteiger partial charge in [0.25, 0.3) is 0 Å². The minimum Gasteiger partial charge on any atom is -0.413 e. The van der Waals surface area contributed by atoms with E-state index in [2.05, 4.69) is 25.9 Å². The van der Waals surface area contributed by atoms with Crippen LogP contribution in [0.15, 0.2) is 91.0 Å². The lowest BCUT2D eigenvalue weighted by molar-refractivity contribution is -0.135. The van der Waals surface area contributed by atoms with Crippen molar-refractivity contribution in [2.24, 2.45) is 0 Å². The van der Waals surface area contributed by atoms with Gasteiger partial charge in [-0.05, 0) is 72.9 Å². The standard InChI is InChI=1S/C14H21O5PS.C13H22NO3PS.C13H21O4PS/c1-3-4-11-21-12-10-14(15)19-20(16,17-2)18-13-8-6-5-7-9-13;1-3-4-11-19-12-10-14-18(15,16-2)17-13-8-6-5-7-9-13;1-3-4-11-19-12-10-16-18(14,15-2)17-13-8-6-5-7-9-13/h5-9H,3-4,10-12H2,1-2H3;5-9H,3-4,10-12H2,1-2H3,(H,14,15);5-9H,3-4,10-12H2,1-2H3. The summed E-state index contributed by atoms with van der Waals surface area (Å²) < 4.78 is 77.2. The van der Waals surface area contributed by atoms with E-state index in [0.717, 1.165) is 41.6 Å². The number of hydrogen-bond donors (Lipinski definition) is 1. The first kappa shape index (κ1) is 55.1. The van der Waals surface area contributed by atoms with Crippen molar-refractivity contribution in [3.05, 3.63) is 91.0 Å². The van der Waals surface area contributed by atoms with Crippen LogP contribution in [0.25, 0.3) is 0 Å². The Bertz CT molecular complexity index is 1540. The summed E-state index contributed by atoms with van der Waals surface area (Å²) in [6.45, 7) is 7.40. The zero-order valence-corrected chi connectivity index (χ0v) is 40.4. The van der Waals surface area contributed by atoms with Crippen molar-refractivity contribution in [1.82, 2.24) is 5.09 Å². The van der Waals surface area contributed by atoms with Crippen LogP contribution in [0.4, 0.5) is 0 Å². The molecular weight excluding hydrogens is 876 g/mol. The van der Waals surface area contributed by atoms with E-state index in [9.17, 15) is 18.5 Å². The van der Waals surface area contributed by atoms with Gasteiger partial charge in [0.05, 0.1) is 13.0 Å². The second-order valence-corrected chi connectivity index (χ2v) is 20.9. The summed E-state index contributed by atoms with van der Waals surface area (Å²) in [5, 5.41) is 2.86. The third-order valence-electron chi connectivity index (χ3n) is 7.20. The van der Waals surface area contributed by atoms with Gasteiger partial charge in [0.1, 0.15) is 17.2 Å². The fourth-order valence-electron chi connectivity index (χ4n) is 4.02. The van der Waals surface area contributed by atoms with Gasteiger partial charge in [0.15, 0.2) is 0 Å². The number of hydrogen-bond acceptors (Lipinski definition) is 15. The molecule has 59 heavy (non-hydrogen) atoms. The highest BCUT2D eigenvalue weighted by Crippen LogP contribution is 2.50. The van der Waals surface area contributed by atoms with Gasteiger partial charge in [0, 0.05) is 45.1 Å². The van der Waals surface area contributed by atoms with E-state index in [1.165, 1.54) is 47.0 Å². The summed E-state index contributed by atoms with van der Waals surface area (Å²) in [5.41, 5.74) is 0. The Morgan fingerprint density at radius 3 is 1.41 bits per heavy atom. The number of para-hydroxylation sites is 3. The summed E-state index contributed by atoms with van der Waals surface area (Å²) >= 11 is 5.29. The number of nitrogens with one attached hydrogen (secondary N) is 1. The zero-order chi connectivity index (χ0) is 43.5. The van der Waals surface area contributed by atoms with Gasteiger partial charge in [0.2, 0.25) is 0 Å². The van der Waals surface area contributed by atoms with E-state index in [1.54, 1.807) is 90.3 Å². The topological polar surface area (TPSA) is 154 Å². The first-order valence-corrected chi connectivity index (χ1v) is 27.5. The molecule has 3 rings (SSSR count). The monoisotopic (exact) mass is 939 g/mol. The molecule has 0 spiro atoms. The lowest BCUT2D eigenvalue weighted by Crippen LogP contribution is -2.18. The lowest BCUT2D eigenvalue weighted by atomic mass is 10.3. The molecule has 0 aliphatic rings. The predicted octanol–water partition coefficient (Wildman–Crippen LogP) is 12.6. The van der Waals surface area contributed by atoms with Crippen LogP contribution in [0.3, 0.4) is 0 Å². The molecule has 0 aliphatic heterocycles. The first-order chi connectivity index (χ1) is 28.5. The molecule has 0 bridgehead atoms. The zero-order valence-electron chi connectivity index (χ0n) is 35.2. The molecule has 19 heteroatoms. The molecule has 0 fully saturated rings. The Kier molecular flexibility index (Phi) is 32.3. The average molecular weight is 940 g/mol. The van der Waals surface area contributed by atoms with Crippen molar-refractivity contribution in [1.29, 1.82) is 0 Å². The van der Waals surface area contributed by atoms with E-state index in [4.69, 9.17) is 36.2 Å². The van der Waals surface area contributed by atoms with Crippen LogP contribution in [0, 0.1) is 0 Å². The van der Waals surface area contributed by atoms with Gasteiger partial charge in [-0.3, -0.25) is 22.9 Å². The highest BCUT2D eigenvalue weighted by Gasteiger charge is 2.31. The number of carbonyl (C=O) groups excluding carboxylic acids is 1. The van der Waals surface area contributed by atoms with Gasteiger partial charge < -0.3 is 18.1 Å². The Morgan fingerprint density at radius 2 is 0.966 bits per heavy atom. The second-order valence-electron chi connectivity index (χ2n) is 12.0. The molecule has 3 atom stereocenters. The Hall–Kier alpha value is -1.93. The number of phosphoric ester groups is 2. The quantitative estimate of drug-likeness (QED) is 0.0497. The molecule has 0 heterocycles. The number of unbranched alkanes of at least 4 members (excludes halogenated alkanes) is 3. The van der Waals surface area contributed by atoms with Crippen molar-refractivity contribution in [2.45, 2.75) is 65.7 Å².